The lowest BCUT2D eigenvalue weighted by atomic mass is 10.3. The predicted octanol–water partition coefficient (Wildman–Crippen LogP) is 0.519. The molecule has 2 aliphatic rings. The fourth-order valence-corrected chi connectivity index (χ4v) is 0.969. The Hall–Kier alpha value is -1.22. The summed E-state index contributed by atoms with van der Waals surface area (Å²) in [4.78, 5) is 1.58. The molecule has 0 aliphatic carbocycles. The highest BCUT2D eigenvalue weighted by atomic mass is 16.6. The molecule has 0 bridgehead atoms. The molecule has 52 valence electrons. The van der Waals surface area contributed by atoms with Crippen molar-refractivity contribution in [3.63, 3.8) is 0 Å². The van der Waals surface area contributed by atoms with Crippen molar-refractivity contribution in [2.24, 2.45) is 0 Å². The summed E-state index contributed by atoms with van der Waals surface area (Å²) in [5, 5.41) is 9.51. The first-order valence-electron chi connectivity index (χ1n) is 3.03. The SMILES string of the molecule is OC12C=CC=CN1C=CO2. The van der Waals surface area contributed by atoms with E-state index in [0.717, 1.165) is 0 Å². The average Bonchev–Trinajstić information content (AvgIpc) is 2.29. The van der Waals surface area contributed by atoms with E-state index in [0.29, 0.717) is 0 Å². The second-order valence-electron chi connectivity index (χ2n) is 2.17. The van der Waals surface area contributed by atoms with Crippen molar-refractivity contribution < 1.29 is 9.84 Å². The standard InChI is InChI=1S/C7H7NO2/c9-7-3-1-2-4-8(7)5-6-10-7/h1-6,9H. The van der Waals surface area contributed by atoms with Gasteiger partial charge in [-0.25, -0.2) is 0 Å². The number of hydrogen-bond donors (Lipinski definition) is 1. The first kappa shape index (κ1) is 5.56. The summed E-state index contributed by atoms with van der Waals surface area (Å²) in [6, 6.07) is 0. The molecular formula is C7H7NO2. The first-order chi connectivity index (χ1) is 4.81. The van der Waals surface area contributed by atoms with E-state index < -0.39 is 5.91 Å². The van der Waals surface area contributed by atoms with Crippen molar-refractivity contribution in [1.29, 1.82) is 0 Å². The molecule has 1 atom stereocenters. The summed E-state index contributed by atoms with van der Waals surface area (Å²) >= 11 is 0. The van der Waals surface area contributed by atoms with Gasteiger partial charge in [-0.05, 0) is 6.08 Å². The van der Waals surface area contributed by atoms with Crippen LogP contribution < -0.4 is 0 Å². The second kappa shape index (κ2) is 1.64. The van der Waals surface area contributed by atoms with Crippen LogP contribution in [0.15, 0.2) is 36.9 Å². The summed E-state index contributed by atoms with van der Waals surface area (Å²) < 4.78 is 4.91. The smallest absolute Gasteiger partial charge is 0.317 e. The number of ether oxygens (including phenoxy) is 1. The zero-order valence-electron chi connectivity index (χ0n) is 5.27. The van der Waals surface area contributed by atoms with E-state index in [1.54, 1.807) is 29.5 Å². The maximum atomic E-state index is 9.51. The molecule has 2 rings (SSSR count). The van der Waals surface area contributed by atoms with Crippen molar-refractivity contribution in [3.8, 4) is 0 Å². The number of aliphatic hydroxyl groups is 1. The van der Waals surface area contributed by atoms with Gasteiger partial charge < -0.3 is 9.84 Å². The van der Waals surface area contributed by atoms with Crippen LogP contribution in [0.4, 0.5) is 0 Å². The summed E-state index contributed by atoms with van der Waals surface area (Å²) in [6.07, 6.45) is 10.0. The molecular weight excluding hydrogens is 130 g/mol. The Balaban J connectivity index is 2.35. The Labute approximate surface area is 58.5 Å². The van der Waals surface area contributed by atoms with Gasteiger partial charge in [-0.2, -0.15) is 0 Å². The van der Waals surface area contributed by atoms with Crippen molar-refractivity contribution in [1.82, 2.24) is 4.90 Å². The van der Waals surface area contributed by atoms with Crippen LogP contribution in [0.3, 0.4) is 0 Å². The lowest BCUT2D eigenvalue weighted by Gasteiger charge is -2.28. The number of fused-ring (bicyclic) bond motifs is 1. The molecule has 0 aromatic carbocycles. The normalized spacial score (nSPS) is 34.3. The molecule has 0 saturated carbocycles. The third kappa shape index (κ3) is 0.579. The Morgan fingerprint density at radius 2 is 2.20 bits per heavy atom. The molecule has 3 nitrogen and oxygen atoms in total. The molecule has 0 saturated heterocycles. The number of hydrogen-bond acceptors (Lipinski definition) is 3. The lowest BCUT2D eigenvalue weighted by Crippen LogP contribution is -2.39. The van der Waals surface area contributed by atoms with Crippen LogP contribution in [0.2, 0.25) is 0 Å². The quantitative estimate of drug-likeness (QED) is 0.528. The van der Waals surface area contributed by atoms with Gasteiger partial charge in [0, 0.05) is 18.5 Å². The zero-order valence-corrected chi connectivity index (χ0v) is 5.27. The molecule has 0 radical (unpaired) electrons. The minimum absolute atomic E-state index is 1.26. The van der Waals surface area contributed by atoms with Crippen LogP contribution in [-0.2, 0) is 4.74 Å². The molecule has 2 heterocycles. The highest BCUT2D eigenvalue weighted by molar-refractivity contribution is 5.18. The maximum absolute atomic E-state index is 9.51. The van der Waals surface area contributed by atoms with E-state index in [2.05, 4.69) is 0 Å². The summed E-state index contributed by atoms with van der Waals surface area (Å²) in [5.74, 6) is -1.26. The van der Waals surface area contributed by atoms with Gasteiger partial charge in [0.05, 0.1) is 0 Å². The van der Waals surface area contributed by atoms with E-state index in [1.165, 1.54) is 6.26 Å². The average molecular weight is 137 g/mol. The third-order valence-electron chi connectivity index (χ3n) is 1.50. The van der Waals surface area contributed by atoms with E-state index >= 15 is 0 Å². The Morgan fingerprint density at radius 3 is 3.00 bits per heavy atom. The van der Waals surface area contributed by atoms with Gasteiger partial charge in [-0.1, -0.05) is 6.08 Å². The van der Waals surface area contributed by atoms with E-state index in [-0.39, 0.29) is 0 Å². The Morgan fingerprint density at radius 1 is 1.30 bits per heavy atom. The van der Waals surface area contributed by atoms with Gasteiger partial charge >= 0.3 is 5.91 Å². The van der Waals surface area contributed by atoms with Crippen LogP contribution in [0, 0.1) is 0 Å². The molecule has 0 amide bonds. The van der Waals surface area contributed by atoms with Crippen molar-refractivity contribution in [2.45, 2.75) is 5.91 Å². The number of rotatable bonds is 0. The van der Waals surface area contributed by atoms with Crippen molar-refractivity contribution in [2.75, 3.05) is 0 Å². The van der Waals surface area contributed by atoms with E-state index in [1.807, 2.05) is 6.08 Å². The minimum Gasteiger partial charge on any atom is -0.447 e. The van der Waals surface area contributed by atoms with E-state index in [4.69, 9.17) is 4.74 Å². The van der Waals surface area contributed by atoms with Crippen molar-refractivity contribution in [3.05, 3.63) is 36.9 Å². The van der Waals surface area contributed by atoms with Crippen LogP contribution in [0.1, 0.15) is 0 Å². The first-order valence-corrected chi connectivity index (χ1v) is 3.03. The fourth-order valence-electron chi connectivity index (χ4n) is 0.969. The van der Waals surface area contributed by atoms with Crippen LogP contribution >= 0.6 is 0 Å². The van der Waals surface area contributed by atoms with Gasteiger partial charge in [-0.3, -0.25) is 4.90 Å². The molecule has 10 heavy (non-hydrogen) atoms. The minimum atomic E-state index is -1.26. The Bertz CT molecular complexity index is 232. The van der Waals surface area contributed by atoms with Gasteiger partial charge in [0.1, 0.15) is 6.26 Å². The van der Waals surface area contributed by atoms with E-state index in [9.17, 15) is 5.11 Å². The zero-order chi connectivity index (χ0) is 7.03. The number of allylic oxidation sites excluding steroid dienone is 2. The Kier molecular flexibility index (Phi) is 0.910. The summed E-state index contributed by atoms with van der Waals surface area (Å²) in [6.45, 7) is 0. The highest BCUT2D eigenvalue weighted by Crippen LogP contribution is 2.25. The van der Waals surface area contributed by atoms with Crippen LogP contribution in [-0.4, -0.2) is 15.9 Å². The molecule has 0 aromatic rings. The fraction of sp³-hybridized carbons (Fsp3) is 0.143. The highest BCUT2D eigenvalue weighted by Gasteiger charge is 2.34. The van der Waals surface area contributed by atoms with Crippen LogP contribution in [0.5, 0.6) is 0 Å². The number of nitrogens with zero attached hydrogens (tertiary/aromatic N) is 1. The maximum Gasteiger partial charge on any atom is 0.317 e. The molecule has 2 aliphatic heterocycles. The predicted molar refractivity (Wildman–Crippen MR) is 35.3 cm³/mol. The molecule has 0 aromatic heterocycles. The third-order valence-corrected chi connectivity index (χ3v) is 1.50. The molecule has 0 spiro atoms. The van der Waals surface area contributed by atoms with Crippen molar-refractivity contribution >= 4 is 0 Å². The largest absolute Gasteiger partial charge is 0.447 e. The van der Waals surface area contributed by atoms with Gasteiger partial charge in [-0.15, -0.1) is 0 Å². The van der Waals surface area contributed by atoms with Gasteiger partial charge in [0.2, 0.25) is 0 Å². The molecule has 1 unspecified atom stereocenters. The second-order valence-corrected chi connectivity index (χ2v) is 2.17. The van der Waals surface area contributed by atoms with Crippen LogP contribution in [0.25, 0.3) is 0 Å². The molecule has 3 heteroatoms. The van der Waals surface area contributed by atoms with Gasteiger partial charge in [0.25, 0.3) is 0 Å². The van der Waals surface area contributed by atoms with Gasteiger partial charge in [0.15, 0.2) is 0 Å². The topological polar surface area (TPSA) is 32.7 Å². The summed E-state index contributed by atoms with van der Waals surface area (Å²) in [7, 11) is 0. The monoisotopic (exact) mass is 137 g/mol. The molecule has 0 fully saturated rings. The molecule has 1 N–H and O–H groups in total. The lowest BCUT2D eigenvalue weighted by molar-refractivity contribution is -0.179. The summed E-state index contributed by atoms with van der Waals surface area (Å²) in [5.41, 5.74) is 0.